The summed E-state index contributed by atoms with van der Waals surface area (Å²) in [7, 11) is -1.99. The molecule has 0 spiro atoms. The topological polar surface area (TPSA) is 46.5 Å². The van der Waals surface area contributed by atoms with Gasteiger partial charge in [0, 0.05) is 15.5 Å². The molecule has 0 bridgehead atoms. The lowest BCUT2D eigenvalue weighted by molar-refractivity contribution is 0.407. The van der Waals surface area contributed by atoms with Crippen LogP contribution in [0.25, 0.3) is 0 Å². The maximum absolute atomic E-state index is 10.6. The van der Waals surface area contributed by atoms with Crippen LogP contribution in [0.3, 0.4) is 0 Å². The zero-order chi connectivity index (χ0) is 8.41. The largest absolute Gasteiger partial charge is 0.384 e. The number of rotatable bonds is 3. The van der Waals surface area contributed by atoms with E-state index in [4.69, 9.17) is 20.3 Å². The number of hydrogen-bond acceptors (Lipinski definition) is 2. The lowest BCUT2D eigenvalue weighted by Gasteiger charge is -2.19. The quantitative estimate of drug-likeness (QED) is 0.640. The van der Waals surface area contributed by atoms with Crippen LogP contribution in [0, 0.1) is 0 Å². The zero-order valence-electron chi connectivity index (χ0n) is 5.47. The fourth-order valence-corrected chi connectivity index (χ4v) is 9.50. The van der Waals surface area contributed by atoms with E-state index in [1.807, 2.05) is 0 Å². The molecule has 2 atom stereocenters. The summed E-state index contributed by atoms with van der Waals surface area (Å²) in [6.45, 7) is 3.56. The third-order valence-electron chi connectivity index (χ3n) is 0.568. The van der Waals surface area contributed by atoms with Crippen LogP contribution in [-0.4, -0.2) is 12.9 Å². The normalized spacial score (nSPS) is 19.7. The third kappa shape index (κ3) is 6.29. The van der Waals surface area contributed by atoms with Crippen LogP contribution in [0.15, 0.2) is 0 Å². The summed E-state index contributed by atoms with van der Waals surface area (Å²) >= 11 is 8.04. The Morgan fingerprint density at radius 3 is 2.30 bits per heavy atom. The standard InChI is InChI=1S/C2H8BrClO3P2Si/c1-10(2,8-4)7-9(3,5)6/h8H,1-2H3,(H,5,6). The molecule has 0 fully saturated rings. The minimum atomic E-state index is -3.51. The van der Waals surface area contributed by atoms with E-state index in [9.17, 15) is 4.57 Å². The molecule has 0 saturated heterocycles. The second kappa shape index (κ2) is 3.99. The van der Waals surface area contributed by atoms with Crippen LogP contribution in [0.2, 0.25) is 13.1 Å². The molecule has 2 unspecified atom stereocenters. The second-order valence-corrected chi connectivity index (χ2v) is 15.6. The monoisotopic (exact) mass is 284 g/mol. The van der Waals surface area contributed by atoms with Crippen molar-refractivity contribution >= 4 is 48.5 Å². The minimum Gasteiger partial charge on any atom is -0.337 e. The predicted molar refractivity (Wildman–Crippen MR) is 51.5 cm³/mol. The Bertz CT molecular complexity index is 159. The highest BCUT2D eigenvalue weighted by Gasteiger charge is 2.30. The summed E-state index contributed by atoms with van der Waals surface area (Å²) in [4.78, 5) is 8.71. The summed E-state index contributed by atoms with van der Waals surface area (Å²) < 4.78 is 15.4. The Morgan fingerprint density at radius 1 is 1.80 bits per heavy atom. The lowest BCUT2D eigenvalue weighted by Crippen LogP contribution is -2.20. The fourth-order valence-electron chi connectivity index (χ4n) is 0.299. The van der Waals surface area contributed by atoms with Gasteiger partial charge in [-0.1, -0.05) is 0 Å². The van der Waals surface area contributed by atoms with E-state index in [2.05, 4.69) is 15.5 Å². The van der Waals surface area contributed by atoms with Gasteiger partial charge < -0.3 is 9.11 Å². The Labute approximate surface area is 75.3 Å². The van der Waals surface area contributed by atoms with Crippen molar-refractivity contribution in [2.45, 2.75) is 13.1 Å². The second-order valence-electron chi connectivity index (χ2n) is 2.15. The Kier molecular flexibility index (Phi) is 4.62. The minimum absolute atomic E-state index is 0.0847. The maximum Gasteiger partial charge on any atom is 0.384 e. The van der Waals surface area contributed by atoms with Crippen molar-refractivity contribution in [1.29, 1.82) is 0 Å². The van der Waals surface area contributed by atoms with Crippen molar-refractivity contribution in [2.24, 2.45) is 0 Å². The molecule has 0 aromatic rings. The van der Waals surface area contributed by atoms with Gasteiger partial charge in [-0.15, -0.1) is 11.2 Å². The van der Waals surface area contributed by atoms with Gasteiger partial charge in [-0.3, -0.25) is 0 Å². The van der Waals surface area contributed by atoms with E-state index in [1.54, 1.807) is 13.1 Å². The van der Waals surface area contributed by atoms with Crippen molar-refractivity contribution < 1.29 is 13.7 Å². The van der Waals surface area contributed by atoms with Gasteiger partial charge in [-0.2, -0.15) is 0 Å². The van der Waals surface area contributed by atoms with E-state index < -0.39 is 14.3 Å². The molecule has 0 rings (SSSR count). The molecular formula is C2H8BrClO3P2Si. The van der Waals surface area contributed by atoms with E-state index in [0.717, 1.165) is 0 Å². The van der Waals surface area contributed by atoms with Gasteiger partial charge in [0.15, 0.2) is 0 Å². The highest BCUT2D eigenvalue weighted by molar-refractivity contribution is 9.39. The summed E-state index contributed by atoms with van der Waals surface area (Å²) in [5, 5.41) is 0. The first-order valence-electron chi connectivity index (χ1n) is 2.38. The molecule has 0 aliphatic heterocycles. The average Bonchev–Trinajstić information content (AvgIpc) is 1.60. The Morgan fingerprint density at radius 2 is 2.20 bits per heavy atom. The third-order valence-corrected chi connectivity index (χ3v) is 11.3. The van der Waals surface area contributed by atoms with Crippen LogP contribution in [0.1, 0.15) is 0 Å². The first-order valence-corrected chi connectivity index (χ1v) is 11.9. The number of halogens is 2. The van der Waals surface area contributed by atoms with Crippen molar-refractivity contribution in [1.82, 2.24) is 0 Å². The SMILES string of the molecule is C[Si](C)(OP(=O)(O)Br)PCl. The molecule has 0 heterocycles. The van der Waals surface area contributed by atoms with Gasteiger partial charge in [0.25, 0.3) is 0 Å². The van der Waals surface area contributed by atoms with Crippen LogP contribution < -0.4 is 0 Å². The highest BCUT2D eigenvalue weighted by atomic mass is 79.9. The number of hydrogen-bond donors (Lipinski definition) is 1. The molecule has 0 aliphatic carbocycles. The van der Waals surface area contributed by atoms with E-state index in [1.165, 1.54) is 0 Å². The van der Waals surface area contributed by atoms with Crippen LogP contribution in [0.4, 0.5) is 0 Å². The summed E-state index contributed by atoms with van der Waals surface area (Å²) in [5.74, 6) is 0. The molecule has 3 nitrogen and oxygen atoms in total. The molecule has 0 radical (unpaired) electrons. The first kappa shape index (κ1) is 11.6. The lowest BCUT2D eigenvalue weighted by atomic mass is 11.9. The van der Waals surface area contributed by atoms with Gasteiger partial charge >= 0.3 is 6.30 Å². The van der Waals surface area contributed by atoms with Crippen LogP contribution in [-0.2, 0) is 8.78 Å². The van der Waals surface area contributed by atoms with E-state index in [-0.39, 0.29) is 7.48 Å². The molecule has 0 aliphatic rings. The van der Waals surface area contributed by atoms with Crippen molar-refractivity contribution in [3.63, 3.8) is 0 Å². The van der Waals surface area contributed by atoms with Crippen LogP contribution >= 0.6 is 40.5 Å². The summed E-state index contributed by atoms with van der Waals surface area (Å²) in [5.41, 5.74) is 0. The van der Waals surface area contributed by atoms with E-state index in [0.29, 0.717) is 0 Å². The maximum atomic E-state index is 10.6. The first-order chi connectivity index (χ1) is 4.27. The van der Waals surface area contributed by atoms with Gasteiger partial charge in [0.1, 0.15) is 0 Å². The molecule has 0 aromatic carbocycles. The molecule has 1 N–H and O–H groups in total. The van der Waals surface area contributed by atoms with E-state index >= 15 is 0 Å². The Hall–Kier alpha value is 1.57. The van der Waals surface area contributed by atoms with Gasteiger partial charge in [0.05, 0.1) is 0 Å². The molecule has 62 valence electrons. The molecular weight excluding hydrogens is 277 g/mol. The average molecular weight is 285 g/mol. The van der Waals surface area contributed by atoms with Gasteiger partial charge in [-0.25, -0.2) is 4.57 Å². The van der Waals surface area contributed by atoms with Gasteiger partial charge in [-0.05, 0) is 20.6 Å². The summed E-state index contributed by atoms with van der Waals surface area (Å²) in [6.07, 6.45) is -3.51. The smallest absolute Gasteiger partial charge is 0.337 e. The molecule has 8 heteroatoms. The molecule has 0 aromatic heterocycles. The van der Waals surface area contributed by atoms with Gasteiger partial charge in [0.2, 0.25) is 7.98 Å². The molecule has 0 saturated carbocycles. The van der Waals surface area contributed by atoms with Crippen LogP contribution in [0.5, 0.6) is 0 Å². The molecule has 10 heavy (non-hydrogen) atoms. The predicted octanol–water partition coefficient (Wildman–Crippen LogP) is 3.03. The fraction of sp³-hybridized carbons (Fsp3) is 1.00. The van der Waals surface area contributed by atoms with Crippen molar-refractivity contribution in [2.75, 3.05) is 0 Å². The summed E-state index contributed by atoms with van der Waals surface area (Å²) in [6, 6.07) is 0. The zero-order valence-corrected chi connectivity index (χ0v) is 10.7. The molecule has 0 amide bonds. The van der Waals surface area contributed by atoms with Crippen molar-refractivity contribution in [3.8, 4) is 0 Å². The highest BCUT2D eigenvalue weighted by Crippen LogP contribution is 2.55. The Balaban J connectivity index is 4.02. The van der Waals surface area contributed by atoms with Crippen molar-refractivity contribution in [3.05, 3.63) is 0 Å².